The SMILES string of the molecule is CCCC1=Cc2c(-c3ccccc3)cccc2[CH]1[Zr]([Cl])([Cl])([CH]1C(CCC)=Cc2c(-c3ccccc3)cccc21)=[Si](C)C. The van der Waals surface area contributed by atoms with Gasteiger partial charge < -0.3 is 0 Å². The van der Waals surface area contributed by atoms with Crippen molar-refractivity contribution in [2.24, 2.45) is 0 Å². The van der Waals surface area contributed by atoms with Gasteiger partial charge in [0.2, 0.25) is 0 Å². The summed E-state index contributed by atoms with van der Waals surface area (Å²) in [5, 5.41) is 0. The average Bonchev–Trinajstić information content (AvgIpc) is 3.57. The van der Waals surface area contributed by atoms with Crippen LogP contribution in [0.2, 0.25) is 13.1 Å². The summed E-state index contributed by atoms with van der Waals surface area (Å²) in [6.45, 7) is 9.41. The number of hydrogen-bond donors (Lipinski definition) is 0. The van der Waals surface area contributed by atoms with Gasteiger partial charge >= 0.3 is 262 Å². The van der Waals surface area contributed by atoms with Gasteiger partial charge in [-0.25, -0.2) is 0 Å². The van der Waals surface area contributed by atoms with Gasteiger partial charge in [0.05, 0.1) is 0 Å². The first-order valence-electron chi connectivity index (χ1n) is 15.4. The second kappa shape index (κ2) is 11.9. The van der Waals surface area contributed by atoms with E-state index in [4.69, 9.17) is 17.0 Å². The normalized spacial score (nSPS) is 17.9. The second-order valence-electron chi connectivity index (χ2n) is 12.3. The van der Waals surface area contributed by atoms with Crippen LogP contribution in [0.1, 0.15) is 69.0 Å². The van der Waals surface area contributed by atoms with Crippen molar-refractivity contribution < 1.29 is 15.0 Å². The van der Waals surface area contributed by atoms with E-state index in [2.05, 4.69) is 136 Å². The molecule has 2 aliphatic rings. The molecule has 0 aromatic heterocycles. The Morgan fingerprint density at radius 2 is 0.976 bits per heavy atom. The number of hydrogen-bond acceptors (Lipinski definition) is 0. The number of rotatable bonds is 8. The molecule has 6 rings (SSSR count). The van der Waals surface area contributed by atoms with Crippen LogP contribution in [-0.4, -0.2) is 5.43 Å². The van der Waals surface area contributed by atoms with E-state index < -0.39 is 20.4 Å². The molecule has 0 aliphatic heterocycles. The van der Waals surface area contributed by atoms with Gasteiger partial charge in [-0.3, -0.25) is 0 Å². The first-order chi connectivity index (χ1) is 20.3. The van der Waals surface area contributed by atoms with Crippen LogP contribution in [0, 0.1) is 0 Å². The maximum atomic E-state index is 8.59. The van der Waals surface area contributed by atoms with Crippen LogP contribution in [0.25, 0.3) is 34.4 Å². The number of fused-ring (bicyclic) bond motifs is 2. The van der Waals surface area contributed by atoms with Gasteiger partial charge in [-0.2, -0.15) is 0 Å². The molecule has 214 valence electrons. The molecule has 0 spiro atoms. The van der Waals surface area contributed by atoms with E-state index in [0.29, 0.717) is 0 Å². The van der Waals surface area contributed by atoms with Crippen molar-refractivity contribution in [3.8, 4) is 22.3 Å². The molecule has 0 bridgehead atoms. The van der Waals surface area contributed by atoms with Crippen LogP contribution in [0.5, 0.6) is 0 Å². The predicted octanol–water partition coefficient (Wildman–Crippen LogP) is 12.4. The zero-order valence-electron chi connectivity index (χ0n) is 25.1. The van der Waals surface area contributed by atoms with Gasteiger partial charge in [0.15, 0.2) is 0 Å². The van der Waals surface area contributed by atoms with Crippen molar-refractivity contribution in [1.29, 1.82) is 0 Å². The third kappa shape index (κ3) is 4.82. The summed E-state index contributed by atoms with van der Waals surface area (Å²) in [6, 6.07) is 35.3. The minimum absolute atomic E-state index is 0.119. The van der Waals surface area contributed by atoms with Crippen molar-refractivity contribution in [3.63, 3.8) is 0 Å². The van der Waals surface area contributed by atoms with Gasteiger partial charge in [-0.15, -0.1) is 0 Å². The molecule has 4 heteroatoms. The van der Waals surface area contributed by atoms with E-state index in [0.717, 1.165) is 25.7 Å². The van der Waals surface area contributed by atoms with E-state index in [9.17, 15) is 0 Å². The van der Waals surface area contributed by atoms with E-state index >= 15 is 0 Å². The fourth-order valence-electron chi connectivity index (χ4n) is 7.67. The number of halogens is 2. The fourth-order valence-corrected chi connectivity index (χ4v) is 36.8. The molecular weight excluding hydrogens is 647 g/mol. The molecule has 4 aromatic carbocycles. The molecule has 0 N–H and O–H groups in total. The third-order valence-electron chi connectivity index (χ3n) is 9.56. The molecule has 4 aromatic rings. The Labute approximate surface area is 260 Å². The summed E-state index contributed by atoms with van der Waals surface area (Å²) in [5.74, 6) is 0. The van der Waals surface area contributed by atoms with Crippen molar-refractivity contribution >= 4 is 34.6 Å². The topological polar surface area (TPSA) is 0 Å². The summed E-state index contributed by atoms with van der Waals surface area (Å²) < 4.78 is 0.239. The molecule has 0 nitrogen and oxygen atoms in total. The molecule has 42 heavy (non-hydrogen) atoms. The zero-order chi connectivity index (χ0) is 29.5. The third-order valence-corrected chi connectivity index (χ3v) is 56.1. The molecule has 0 amide bonds. The van der Waals surface area contributed by atoms with Crippen LogP contribution in [0.4, 0.5) is 0 Å². The van der Waals surface area contributed by atoms with Crippen LogP contribution < -0.4 is 0 Å². The van der Waals surface area contributed by atoms with Gasteiger partial charge in [-0.05, 0) is 0 Å². The van der Waals surface area contributed by atoms with E-state index in [-0.39, 0.29) is 7.25 Å². The van der Waals surface area contributed by atoms with E-state index in [1.54, 1.807) is 0 Å². The van der Waals surface area contributed by atoms with Gasteiger partial charge in [-0.1, -0.05) is 0 Å². The van der Waals surface area contributed by atoms with Crippen LogP contribution in [0.3, 0.4) is 0 Å². The Bertz CT molecular complexity index is 1650. The van der Waals surface area contributed by atoms with Crippen molar-refractivity contribution in [1.82, 2.24) is 0 Å². The zero-order valence-corrected chi connectivity index (χ0v) is 30.1. The molecule has 0 saturated carbocycles. The molecule has 0 fully saturated rings. The number of benzene rings is 4. The Kier molecular flexibility index (Phi) is 8.49. The van der Waals surface area contributed by atoms with Gasteiger partial charge in [0.1, 0.15) is 0 Å². The minimum atomic E-state index is -4.79. The summed E-state index contributed by atoms with van der Waals surface area (Å²) in [5.41, 5.74) is 12.3. The Balaban J connectivity index is 1.62. The first-order valence-corrected chi connectivity index (χ1v) is 30.8. The summed E-state index contributed by atoms with van der Waals surface area (Å²) in [7, 11) is 17.2. The monoisotopic (exact) mass is 684 g/mol. The molecule has 0 heterocycles. The average molecular weight is 687 g/mol. The van der Waals surface area contributed by atoms with Crippen molar-refractivity contribution in [3.05, 3.63) is 130 Å². The molecule has 2 atom stereocenters. The van der Waals surface area contributed by atoms with E-state index in [1.807, 2.05) is 0 Å². The number of allylic oxidation sites excluding steroid dienone is 2. The Morgan fingerprint density at radius 3 is 1.33 bits per heavy atom. The first kappa shape index (κ1) is 30.1. The summed E-state index contributed by atoms with van der Waals surface area (Å²) in [4.78, 5) is 0. The van der Waals surface area contributed by atoms with Crippen molar-refractivity contribution in [2.45, 2.75) is 59.9 Å². The summed E-state index contributed by atoms with van der Waals surface area (Å²) in [6.07, 6.45) is 9.19. The van der Waals surface area contributed by atoms with Crippen molar-refractivity contribution in [2.75, 3.05) is 0 Å². The molecule has 0 radical (unpaired) electrons. The standard InChI is InChI=1S/2C18H17.C2H6Si.2ClH.Zr/c2*1-2-7-14-12-16-10-6-11-17(18(16)13-14)15-8-4-3-5-9-15;1-3-2;;;/h2*3-6,8-13H,2,7H2,1H3;1-2H3;2*1H;/q;;;;;+2/p-2. The van der Waals surface area contributed by atoms with Crippen LogP contribution in [-0.2, 0) is 15.0 Å². The van der Waals surface area contributed by atoms with Crippen LogP contribution in [0.15, 0.2) is 108 Å². The quantitative estimate of drug-likeness (QED) is 0.162. The maximum absolute atomic E-state index is 8.59. The molecule has 0 saturated heterocycles. The Morgan fingerprint density at radius 1 is 0.571 bits per heavy atom. The van der Waals surface area contributed by atoms with Crippen LogP contribution >= 0.6 is 17.0 Å². The molecular formula is C38H40Cl2SiZr. The Hall–Kier alpha value is -1.96. The summed E-state index contributed by atoms with van der Waals surface area (Å²) >= 11 is -4.79. The van der Waals surface area contributed by atoms with Gasteiger partial charge in [0.25, 0.3) is 0 Å². The fraction of sp³-hybridized carbons (Fsp3) is 0.263. The van der Waals surface area contributed by atoms with E-state index in [1.165, 1.54) is 55.7 Å². The molecule has 2 aliphatic carbocycles. The van der Waals surface area contributed by atoms with Gasteiger partial charge in [0, 0.05) is 0 Å². The molecule has 2 unspecified atom stereocenters. The second-order valence-corrected chi connectivity index (χ2v) is 51.1. The predicted molar refractivity (Wildman–Crippen MR) is 184 cm³/mol.